The van der Waals surface area contributed by atoms with E-state index in [2.05, 4.69) is 35.1 Å². The monoisotopic (exact) mass is 528 g/mol. The fraction of sp³-hybridized carbons (Fsp3) is 0.500. The molecule has 1 aliphatic rings. The zero-order valence-electron chi connectivity index (χ0n) is 20.8. The Morgan fingerprint density at radius 1 is 1.09 bits per heavy atom. The first kappa shape index (κ1) is 26.3. The number of hydrogen-bond acceptors (Lipinski definition) is 3. The summed E-state index contributed by atoms with van der Waals surface area (Å²) in [6.45, 7) is 8.32. The van der Waals surface area contributed by atoms with Crippen LogP contribution >= 0.6 is 15.9 Å². The second kappa shape index (κ2) is 12.4. The van der Waals surface area contributed by atoms with Gasteiger partial charge in [-0.05, 0) is 71.8 Å². The Labute approximate surface area is 212 Å². The Morgan fingerprint density at radius 2 is 1.82 bits per heavy atom. The van der Waals surface area contributed by atoms with Gasteiger partial charge in [0.05, 0.1) is 4.47 Å². The molecule has 1 N–H and O–H groups in total. The second-order valence-corrected chi connectivity index (χ2v) is 10.5. The van der Waals surface area contributed by atoms with Gasteiger partial charge >= 0.3 is 0 Å². The van der Waals surface area contributed by atoms with Crippen molar-refractivity contribution in [3.05, 3.63) is 63.6 Å². The molecule has 1 unspecified atom stereocenters. The van der Waals surface area contributed by atoms with Gasteiger partial charge in [-0.1, -0.05) is 69.0 Å². The summed E-state index contributed by atoms with van der Waals surface area (Å²) in [4.78, 5) is 28.1. The Bertz CT molecular complexity index is 985. The molecule has 0 bridgehead atoms. The van der Waals surface area contributed by atoms with Gasteiger partial charge in [0.2, 0.25) is 5.91 Å². The van der Waals surface area contributed by atoms with Gasteiger partial charge in [0, 0.05) is 12.6 Å². The first-order valence-corrected chi connectivity index (χ1v) is 13.1. The molecule has 1 aliphatic carbocycles. The van der Waals surface area contributed by atoms with E-state index in [1.165, 1.54) is 12.0 Å². The van der Waals surface area contributed by atoms with Gasteiger partial charge < -0.3 is 15.0 Å². The van der Waals surface area contributed by atoms with Gasteiger partial charge in [-0.25, -0.2) is 0 Å². The van der Waals surface area contributed by atoms with E-state index in [4.69, 9.17) is 4.74 Å². The number of carbonyl (C=O) groups is 2. The van der Waals surface area contributed by atoms with Crippen LogP contribution in [0, 0.1) is 6.92 Å². The maximum atomic E-state index is 13.3. The SMILES string of the molecule is Cc1cccc(CN(C(=O)COc2ccc(C(C)C)cc2Br)C(C)C(=O)NC2CCCCC2)c1. The van der Waals surface area contributed by atoms with E-state index >= 15 is 0 Å². The highest BCUT2D eigenvalue weighted by Gasteiger charge is 2.28. The first-order chi connectivity index (χ1) is 16.2. The molecule has 1 saturated carbocycles. The van der Waals surface area contributed by atoms with E-state index in [-0.39, 0.29) is 24.5 Å². The van der Waals surface area contributed by atoms with Crippen LogP contribution in [0.3, 0.4) is 0 Å². The molecule has 2 aromatic carbocycles. The lowest BCUT2D eigenvalue weighted by Crippen LogP contribution is -2.51. The number of aryl methyl sites for hydroxylation is 1. The average Bonchev–Trinajstić information content (AvgIpc) is 2.81. The lowest BCUT2D eigenvalue weighted by Gasteiger charge is -2.31. The van der Waals surface area contributed by atoms with Crippen LogP contribution in [0.25, 0.3) is 0 Å². The summed E-state index contributed by atoms with van der Waals surface area (Å²) in [5, 5.41) is 3.17. The molecule has 1 atom stereocenters. The zero-order valence-corrected chi connectivity index (χ0v) is 22.4. The van der Waals surface area contributed by atoms with Crippen molar-refractivity contribution in [3.63, 3.8) is 0 Å². The number of benzene rings is 2. The van der Waals surface area contributed by atoms with Crippen molar-refractivity contribution in [1.82, 2.24) is 10.2 Å². The topological polar surface area (TPSA) is 58.6 Å². The van der Waals surface area contributed by atoms with E-state index in [1.54, 1.807) is 11.8 Å². The van der Waals surface area contributed by atoms with Crippen molar-refractivity contribution in [1.29, 1.82) is 0 Å². The number of rotatable bonds is 9. The first-order valence-electron chi connectivity index (χ1n) is 12.3. The van der Waals surface area contributed by atoms with Crippen LogP contribution in [0.5, 0.6) is 5.75 Å². The Kier molecular flexibility index (Phi) is 9.57. The van der Waals surface area contributed by atoms with Gasteiger partial charge in [0.1, 0.15) is 11.8 Å². The van der Waals surface area contributed by atoms with Crippen LogP contribution in [-0.4, -0.2) is 35.4 Å². The van der Waals surface area contributed by atoms with E-state index in [0.29, 0.717) is 18.2 Å². The molecule has 0 aromatic heterocycles. The third-order valence-corrected chi connectivity index (χ3v) is 7.15. The van der Waals surface area contributed by atoms with Crippen LogP contribution in [0.1, 0.15) is 75.5 Å². The fourth-order valence-electron chi connectivity index (χ4n) is 4.37. The second-order valence-electron chi connectivity index (χ2n) is 9.66. The van der Waals surface area contributed by atoms with Crippen LogP contribution in [0.15, 0.2) is 46.9 Å². The summed E-state index contributed by atoms with van der Waals surface area (Å²) in [7, 11) is 0. The predicted octanol–water partition coefficient (Wildman–Crippen LogP) is 6.13. The van der Waals surface area contributed by atoms with Gasteiger partial charge in [0.25, 0.3) is 5.91 Å². The molecule has 1 fully saturated rings. The third-order valence-electron chi connectivity index (χ3n) is 6.53. The number of nitrogens with one attached hydrogen (secondary N) is 1. The highest BCUT2D eigenvalue weighted by Crippen LogP contribution is 2.29. The lowest BCUT2D eigenvalue weighted by molar-refractivity contribution is -0.142. The number of amides is 2. The van der Waals surface area contributed by atoms with Gasteiger partial charge in [-0.3, -0.25) is 9.59 Å². The summed E-state index contributed by atoms with van der Waals surface area (Å²) in [6.07, 6.45) is 5.53. The summed E-state index contributed by atoms with van der Waals surface area (Å²) < 4.78 is 6.71. The number of ether oxygens (including phenoxy) is 1. The fourth-order valence-corrected chi connectivity index (χ4v) is 4.89. The Hall–Kier alpha value is -2.34. The van der Waals surface area contributed by atoms with E-state index in [9.17, 15) is 9.59 Å². The largest absolute Gasteiger partial charge is 0.483 e. The quantitative estimate of drug-likeness (QED) is 0.426. The molecule has 0 spiro atoms. The minimum atomic E-state index is -0.592. The van der Waals surface area contributed by atoms with Crippen molar-refractivity contribution in [2.24, 2.45) is 0 Å². The Morgan fingerprint density at radius 3 is 2.47 bits per heavy atom. The molecular formula is C28H37BrN2O3. The van der Waals surface area contributed by atoms with Crippen LogP contribution in [-0.2, 0) is 16.1 Å². The normalized spacial score (nSPS) is 15.1. The van der Waals surface area contributed by atoms with E-state index in [0.717, 1.165) is 41.3 Å². The molecular weight excluding hydrogens is 492 g/mol. The van der Waals surface area contributed by atoms with Crippen molar-refractivity contribution >= 4 is 27.7 Å². The summed E-state index contributed by atoms with van der Waals surface area (Å²) in [6, 6.07) is 13.6. The molecule has 5 nitrogen and oxygen atoms in total. The molecule has 0 saturated heterocycles. The number of halogens is 1. The highest BCUT2D eigenvalue weighted by molar-refractivity contribution is 9.10. The van der Waals surface area contributed by atoms with Crippen LogP contribution in [0.2, 0.25) is 0 Å². The molecule has 2 amide bonds. The Balaban J connectivity index is 1.72. The van der Waals surface area contributed by atoms with Crippen molar-refractivity contribution in [2.75, 3.05) is 6.61 Å². The molecule has 0 aliphatic heterocycles. The number of nitrogens with zero attached hydrogens (tertiary/aromatic N) is 1. The smallest absolute Gasteiger partial charge is 0.261 e. The third kappa shape index (κ3) is 7.33. The average molecular weight is 530 g/mol. The minimum Gasteiger partial charge on any atom is -0.483 e. The molecule has 3 rings (SSSR count). The van der Waals surface area contributed by atoms with Crippen LogP contribution < -0.4 is 10.1 Å². The molecule has 184 valence electrons. The van der Waals surface area contributed by atoms with Gasteiger partial charge in [0.15, 0.2) is 6.61 Å². The van der Waals surface area contributed by atoms with E-state index < -0.39 is 6.04 Å². The van der Waals surface area contributed by atoms with Gasteiger partial charge in [-0.2, -0.15) is 0 Å². The molecule has 6 heteroatoms. The van der Waals surface area contributed by atoms with Crippen molar-refractivity contribution < 1.29 is 14.3 Å². The maximum absolute atomic E-state index is 13.3. The lowest BCUT2D eigenvalue weighted by atomic mass is 9.95. The van der Waals surface area contributed by atoms with Crippen LogP contribution in [0.4, 0.5) is 0 Å². The molecule has 0 heterocycles. The number of hydrogen-bond donors (Lipinski definition) is 1. The summed E-state index contributed by atoms with van der Waals surface area (Å²) in [5.74, 6) is 0.705. The molecule has 0 radical (unpaired) electrons. The van der Waals surface area contributed by atoms with Crippen molar-refractivity contribution in [3.8, 4) is 5.75 Å². The van der Waals surface area contributed by atoms with Crippen molar-refractivity contribution in [2.45, 2.75) is 84.3 Å². The summed E-state index contributed by atoms with van der Waals surface area (Å²) >= 11 is 3.56. The number of carbonyl (C=O) groups excluding carboxylic acids is 2. The zero-order chi connectivity index (χ0) is 24.7. The highest BCUT2D eigenvalue weighted by atomic mass is 79.9. The van der Waals surface area contributed by atoms with Gasteiger partial charge in [-0.15, -0.1) is 0 Å². The molecule has 2 aromatic rings. The molecule has 34 heavy (non-hydrogen) atoms. The maximum Gasteiger partial charge on any atom is 0.261 e. The summed E-state index contributed by atoms with van der Waals surface area (Å²) in [5.41, 5.74) is 3.31. The standard InChI is InChI=1S/C28H37BrN2O3/c1-19(2)23-13-14-26(25(29)16-23)34-18-27(32)31(17-22-10-8-9-20(3)15-22)21(4)28(33)30-24-11-6-5-7-12-24/h8-10,13-16,19,21,24H,5-7,11-12,17-18H2,1-4H3,(H,30,33). The predicted molar refractivity (Wildman–Crippen MR) is 140 cm³/mol. The minimum absolute atomic E-state index is 0.102. The van der Waals surface area contributed by atoms with E-state index in [1.807, 2.05) is 49.4 Å².